The van der Waals surface area contributed by atoms with Gasteiger partial charge in [0, 0.05) is 44.8 Å². The number of fused-ring (bicyclic) bond motifs is 3. The van der Waals surface area contributed by atoms with Crippen LogP contribution in [0.5, 0.6) is 5.75 Å². The monoisotopic (exact) mass is 421 g/mol. The molecule has 5 rings (SSSR count). The first-order chi connectivity index (χ1) is 13.1. The van der Waals surface area contributed by atoms with Crippen LogP contribution in [-0.2, 0) is 4.79 Å². The molecule has 1 aliphatic heterocycles. The van der Waals surface area contributed by atoms with Gasteiger partial charge in [0.25, 0.3) is 0 Å². The van der Waals surface area contributed by atoms with Crippen LogP contribution in [-0.4, -0.2) is 22.4 Å². The summed E-state index contributed by atoms with van der Waals surface area (Å²) < 4.78 is 0.799. The molecule has 5 heteroatoms. The van der Waals surface area contributed by atoms with Gasteiger partial charge in [-0.1, -0.05) is 40.2 Å². The van der Waals surface area contributed by atoms with Crippen LogP contribution in [0.25, 0.3) is 0 Å². The van der Waals surface area contributed by atoms with Gasteiger partial charge >= 0.3 is 0 Å². The molecule has 0 saturated heterocycles. The van der Waals surface area contributed by atoms with Crippen LogP contribution in [0.1, 0.15) is 46.7 Å². The Balaban J connectivity index is 1.80. The van der Waals surface area contributed by atoms with E-state index in [-0.39, 0.29) is 17.3 Å². The number of aliphatic imine (C=N–C) groups is 1. The van der Waals surface area contributed by atoms with Crippen LogP contribution >= 0.6 is 15.9 Å². The van der Waals surface area contributed by atoms with Gasteiger partial charge in [0.2, 0.25) is 0 Å². The maximum atomic E-state index is 13.3. The van der Waals surface area contributed by atoms with Crippen molar-refractivity contribution in [3.05, 3.63) is 74.9 Å². The van der Waals surface area contributed by atoms with Crippen LogP contribution in [0.4, 0.5) is 0 Å². The standard InChI is InChI=1S/C22H16BrNO3/c23-11-8-9-16(25)14(10-11)18-19-15(6-3-7-17(19)26)24-21-12-4-1-2-5-13(12)22(27)20(18)21/h1-2,4-5,8-10,18,20,25H,3,6-7H2. The first kappa shape index (κ1) is 16.6. The van der Waals surface area contributed by atoms with Gasteiger partial charge in [-0.05, 0) is 31.0 Å². The van der Waals surface area contributed by atoms with E-state index in [4.69, 9.17) is 4.99 Å². The molecule has 0 saturated carbocycles. The molecule has 3 aliphatic rings. The molecule has 0 spiro atoms. The molecule has 2 aliphatic carbocycles. The van der Waals surface area contributed by atoms with E-state index in [1.54, 1.807) is 12.1 Å². The minimum Gasteiger partial charge on any atom is -0.508 e. The van der Waals surface area contributed by atoms with E-state index >= 15 is 0 Å². The predicted molar refractivity (Wildman–Crippen MR) is 105 cm³/mol. The minimum atomic E-state index is -0.566. The Morgan fingerprint density at radius 3 is 2.59 bits per heavy atom. The molecule has 0 bridgehead atoms. The number of ketones is 2. The van der Waals surface area contributed by atoms with E-state index in [1.165, 1.54) is 0 Å². The second kappa shape index (κ2) is 5.99. The van der Waals surface area contributed by atoms with Crippen LogP contribution < -0.4 is 0 Å². The highest BCUT2D eigenvalue weighted by Gasteiger charge is 2.49. The van der Waals surface area contributed by atoms with E-state index in [0.29, 0.717) is 23.1 Å². The molecule has 2 unspecified atom stereocenters. The summed E-state index contributed by atoms with van der Waals surface area (Å²) in [6.07, 6.45) is 1.95. The van der Waals surface area contributed by atoms with Gasteiger partial charge in [0.15, 0.2) is 11.6 Å². The molecule has 0 fully saturated rings. The lowest BCUT2D eigenvalue weighted by molar-refractivity contribution is -0.116. The lowest BCUT2D eigenvalue weighted by Crippen LogP contribution is -2.33. The molecule has 0 amide bonds. The van der Waals surface area contributed by atoms with Crippen LogP contribution in [0.15, 0.2) is 63.2 Å². The number of hydrogen-bond acceptors (Lipinski definition) is 4. The molecular weight excluding hydrogens is 406 g/mol. The minimum absolute atomic E-state index is 0.0290. The normalized spacial score (nSPS) is 23.7. The third-order valence-electron chi connectivity index (χ3n) is 5.70. The molecule has 4 nitrogen and oxygen atoms in total. The van der Waals surface area contributed by atoms with Gasteiger partial charge in [-0.2, -0.15) is 0 Å². The third-order valence-corrected chi connectivity index (χ3v) is 6.19. The van der Waals surface area contributed by atoms with Crippen LogP contribution in [0.3, 0.4) is 0 Å². The molecular formula is C22H16BrNO3. The topological polar surface area (TPSA) is 66.7 Å². The molecule has 134 valence electrons. The smallest absolute Gasteiger partial charge is 0.173 e. The van der Waals surface area contributed by atoms with E-state index in [1.807, 2.05) is 30.3 Å². The fourth-order valence-corrected chi connectivity index (χ4v) is 4.94. The van der Waals surface area contributed by atoms with Crippen molar-refractivity contribution in [3.63, 3.8) is 0 Å². The predicted octanol–water partition coefficient (Wildman–Crippen LogP) is 4.56. The molecule has 2 aromatic carbocycles. The van der Waals surface area contributed by atoms with Crippen molar-refractivity contribution >= 4 is 33.2 Å². The number of carbonyl (C=O) groups excluding carboxylic acids is 2. The zero-order chi connectivity index (χ0) is 18.7. The zero-order valence-electron chi connectivity index (χ0n) is 14.4. The zero-order valence-corrected chi connectivity index (χ0v) is 16.0. The maximum Gasteiger partial charge on any atom is 0.173 e. The second-order valence-electron chi connectivity index (χ2n) is 7.20. The van der Waals surface area contributed by atoms with Crippen molar-refractivity contribution in [2.45, 2.75) is 25.2 Å². The Morgan fingerprint density at radius 1 is 1.00 bits per heavy atom. The number of phenols is 1. The van der Waals surface area contributed by atoms with E-state index in [9.17, 15) is 14.7 Å². The highest BCUT2D eigenvalue weighted by Crippen LogP contribution is 2.50. The molecule has 27 heavy (non-hydrogen) atoms. The highest BCUT2D eigenvalue weighted by atomic mass is 79.9. The summed E-state index contributed by atoms with van der Waals surface area (Å²) in [5.74, 6) is -0.967. The molecule has 0 radical (unpaired) electrons. The fraction of sp³-hybridized carbons (Fsp3) is 0.227. The summed E-state index contributed by atoms with van der Waals surface area (Å²) in [7, 11) is 0. The largest absolute Gasteiger partial charge is 0.508 e. The van der Waals surface area contributed by atoms with E-state index in [0.717, 1.165) is 34.3 Å². The Bertz CT molecular complexity index is 1080. The Labute approximate surface area is 164 Å². The number of aromatic hydroxyl groups is 1. The van der Waals surface area contributed by atoms with Crippen molar-refractivity contribution in [1.82, 2.24) is 0 Å². The van der Waals surface area contributed by atoms with Crippen LogP contribution in [0.2, 0.25) is 0 Å². The number of phenolic OH excluding ortho intramolecular Hbond substituents is 1. The quantitative estimate of drug-likeness (QED) is 0.733. The summed E-state index contributed by atoms with van der Waals surface area (Å²) in [4.78, 5) is 30.9. The SMILES string of the molecule is O=C1CCCC2=C1C(c1cc(Br)ccc1O)C1C(=O)c3ccccc3C1=N2. The molecule has 0 aromatic heterocycles. The number of halogens is 1. The number of benzene rings is 2. The first-order valence-electron chi connectivity index (χ1n) is 9.03. The number of rotatable bonds is 1. The van der Waals surface area contributed by atoms with Crippen molar-refractivity contribution < 1.29 is 14.7 Å². The number of nitrogens with zero attached hydrogens (tertiary/aromatic N) is 1. The maximum absolute atomic E-state index is 13.3. The fourth-order valence-electron chi connectivity index (χ4n) is 4.56. The van der Waals surface area contributed by atoms with E-state index in [2.05, 4.69) is 15.9 Å². The Kier molecular flexibility index (Phi) is 3.69. The summed E-state index contributed by atoms with van der Waals surface area (Å²) in [5, 5.41) is 10.6. The summed E-state index contributed by atoms with van der Waals surface area (Å²) >= 11 is 3.45. The lowest BCUT2D eigenvalue weighted by Gasteiger charge is -2.33. The molecule has 1 N–H and O–H groups in total. The van der Waals surface area contributed by atoms with Crippen molar-refractivity contribution in [3.8, 4) is 5.75 Å². The first-order valence-corrected chi connectivity index (χ1v) is 9.82. The van der Waals surface area contributed by atoms with Gasteiger partial charge < -0.3 is 5.11 Å². The number of carbonyl (C=O) groups is 2. The molecule has 1 heterocycles. The summed E-state index contributed by atoms with van der Waals surface area (Å²) in [5.41, 5.74) is 4.19. The van der Waals surface area contributed by atoms with Crippen molar-refractivity contribution in [1.29, 1.82) is 0 Å². The average Bonchev–Trinajstić information content (AvgIpc) is 2.95. The summed E-state index contributed by atoms with van der Waals surface area (Å²) in [6.45, 7) is 0. The number of allylic oxidation sites excluding steroid dienone is 2. The van der Waals surface area contributed by atoms with Gasteiger partial charge in [0.1, 0.15) is 5.75 Å². The lowest BCUT2D eigenvalue weighted by atomic mass is 9.71. The van der Waals surface area contributed by atoms with Gasteiger partial charge in [-0.25, -0.2) is 0 Å². The second-order valence-corrected chi connectivity index (χ2v) is 8.12. The van der Waals surface area contributed by atoms with Gasteiger partial charge in [-0.15, -0.1) is 0 Å². The number of Topliss-reactive ketones (excluding diaryl/α,β-unsaturated/α-hetero) is 2. The Hall–Kier alpha value is -2.53. The van der Waals surface area contributed by atoms with Crippen molar-refractivity contribution in [2.24, 2.45) is 10.9 Å². The van der Waals surface area contributed by atoms with Gasteiger partial charge in [0.05, 0.1) is 11.6 Å². The molecule has 2 aromatic rings. The highest BCUT2D eigenvalue weighted by molar-refractivity contribution is 9.10. The van der Waals surface area contributed by atoms with Crippen molar-refractivity contribution in [2.75, 3.05) is 0 Å². The number of hydrogen-bond donors (Lipinski definition) is 1. The third kappa shape index (κ3) is 2.38. The van der Waals surface area contributed by atoms with E-state index < -0.39 is 11.8 Å². The molecule has 2 atom stereocenters. The van der Waals surface area contributed by atoms with Gasteiger partial charge in [-0.3, -0.25) is 14.6 Å². The summed E-state index contributed by atoms with van der Waals surface area (Å²) in [6, 6.07) is 12.6. The average molecular weight is 422 g/mol. The van der Waals surface area contributed by atoms with Crippen LogP contribution in [0, 0.1) is 5.92 Å². The Morgan fingerprint density at radius 2 is 1.78 bits per heavy atom.